The highest BCUT2D eigenvalue weighted by Crippen LogP contribution is 2.21. The number of carbonyl (C=O) groups is 2. The average Bonchev–Trinajstić information content (AvgIpc) is 2.28. The maximum atomic E-state index is 12.0. The Kier molecular flexibility index (Phi) is 5.31. The first kappa shape index (κ1) is 16.2. The third-order valence-corrected chi connectivity index (χ3v) is 2.84. The topological polar surface area (TPSA) is 58.2 Å². The minimum atomic E-state index is -0.325. The Morgan fingerprint density at radius 1 is 1.15 bits per heavy atom. The number of hydrogen-bond donors (Lipinski definition) is 2. The van der Waals surface area contributed by atoms with Gasteiger partial charge in [0.2, 0.25) is 11.8 Å². The molecule has 0 fully saturated rings. The molecule has 2 amide bonds. The molecule has 20 heavy (non-hydrogen) atoms. The lowest BCUT2D eigenvalue weighted by Gasteiger charge is -2.20. The molecule has 1 aromatic rings. The maximum absolute atomic E-state index is 12.0. The lowest BCUT2D eigenvalue weighted by Crippen LogP contribution is -2.42. The minimum Gasteiger partial charge on any atom is -0.351 e. The van der Waals surface area contributed by atoms with E-state index >= 15 is 0 Å². The third-order valence-electron chi connectivity index (χ3n) is 2.84. The molecular weight excluding hydrogens is 252 g/mol. The van der Waals surface area contributed by atoms with Crippen LogP contribution in [0.25, 0.3) is 0 Å². The molecule has 0 saturated heterocycles. The molecule has 4 nitrogen and oxygen atoms in total. The van der Waals surface area contributed by atoms with Crippen LogP contribution in [-0.4, -0.2) is 17.4 Å². The van der Waals surface area contributed by atoms with Gasteiger partial charge in [-0.1, -0.05) is 25.1 Å². The second-order valence-corrected chi connectivity index (χ2v) is 5.99. The van der Waals surface area contributed by atoms with Crippen molar-refractivity contribution in [1.29, 1.82) is 0 Å². The Morgan fingerprint density at radius 3 is 2.35 bits per heavy atom. The monoisotopic (exact) mass is 276 g/mol. The normalized spacial score (nSPS) is 11.1. The van der Waals surface area contributed by atoms with Gasteiger partial charge in [-0.3, -0.25) is 9.59 Å². The van der Waals surface area contributed by atoms with Crippen molar-refractivity contribution in [3.8, 4) is 0 Å². The first-order valence-electron chi connectivity index (χ1n) is 6.92. The molecule has 4 heteroatoms. The van der Waals surface area contributed by atoms with Gasteiger partial charge in [0.05, 0.1) is 0 Å². The van der Waals surface area contributed by atoms with Crippen LogP contribution in [0.15, 0.2) is 18.2 Å². The fourth-order valence-electron chi connectivity index (χ4n) is 1.99. The Hall–Kier alpha value is -1.84. The van der Waals surface area contributed by atoms with Crippen molar-refractivity contribution in [1.82, 2.24) is 5.32 Å². The number of para-hydroxylation sites is 1. The lowest BCUT2D eigenvalue weighted by molar-refractivity contribution is -0.127. The van der Waals surface area contributed by atoms with E-state index in [1.54, 1.807) is 0 Å². The van der Waals surface area contributed by atoms with E-state index in [9.17, 15) is 9.59 Å². The summed E-state index contributed by atoms with van der Waals surface area (Å²) in [6, 6.07) is 5.90. The van der Waals surface area contributed by atoms with E-state index in [1.807, 2.05) is 52.8 Å². The first-order valence-corrected chi connectivity index (χ1v) is 6.92. The molecular formula is C16H24N2O2. The number of hydrogen-bond acceptors (Lipinski definition) is 2. The van der Waals surface area contributed by atoms with Crippen LogP contribution in [-0.2, 0) is 16.0 Å². The van der Waals surface area contributed by atoms with Crippen LogP contribution >= 0.6 is 0 Å². The summed E-state index contributed by atoms with van der Waals surface area (Å²) in [5.74, 6) is -0.544. The summed E-state index contributed by atoms with van der Waals surface area (Å²) in [6.45, 7) is 9.65. The summed E-state index contributed by atoms with van der Waals surface area (Å²) >= 11 is 0. The Balaban J connectivity index is 2.70. The number of amides is 2. The van der Waals surface area contributed by atoms with E-state index in [-0.39, 0.29) is 23.8 Å². The zero-order chi connectivity index (χ0) is 15.3. The molecule has 0 aliphatic heterocycles. The summed E-state index contributed by atoms with van der Waals surface area (Å²) in [4.78, 5) is 23.7. The molecule has 110 valence electrons. The third kappa shape index (κ3) is 5.03. The quantitative estimate of drug-likeness (QED) is 0.831. The zero-order valence-electron chi connectivity index (χ0n) is 13.0. The second kappa shape index (κ2) is 6.55. The summed E-state index contributed by atoms with van der Waals surface area (Å²) in [5, 5.41) is 5.63. The predicted octanol–water partition coefficient (Wildman–Crippen LogP) is 2.80. The number of aryl methyl sites for hydroxylation is 2. The van der Waals surface area contributed by atoms with Crippen LogP contribution in [0.3, 0.4) is 0 Å². The number of carbonyl (C=O) groups excluding carboxylic acids is 2. The molecule has 1 rings (SSSR count). The smallest absolute Gasteiger partial charge is 0.233 e. The molecule has 0 aromatic heterocycles. The van der Waals surface area contributed by atoms with Crippen LogP contribution in [0.5, 0.6) is 0 Å². The predicted molar refractivity (Wildman–Crippen MR) is 81.7 cm³/mol. The first-order chi connectivity index (χ1) is 9.23. The van der Waals surface area contributed by atoms with Gasteiger partial charge in [0.1, 0.15) is 6.42 Å². The van der Waals surface area contributed by atoms with Crippen LogP contribution in [0.4, 0.5) is 5.69 Å². The molecule has 0 unspecified atom stereocenters. The standard InChI is InChI=1S/C16H24N2O2/c1-6-12-9-7-8-11(2)15(12)17-13(19)10-14(20)18-16(3,4)5/h7-9H,6,10H2,1-5H3,(H,17,19)(H,18,20). The van der Waals surface area contributed by atoms with Crippen molar-refractivity contribution >= 4 is 17.5 Å². The highest BCUT2D eigenvalue weighted by Gasteiger charge is 2.17. The molecule has 0 aliphatic rings. The molecule has 0 radical (unpaired) electrons. The van der Waals surface area contributed by atoms with Crippen molar-refractivity contribution in [2.75, 3.05) is 5.32 Å². The largest absolute Gasteiger partial charge is 0.351 e. The number of nitrogens with one attached hydrogen (secondary N) is 2. The summed E-state index contributed by atoms with van der Waals surface area (Å²) in [5.41, 5.74) is 2.58. The Bertz CT molecular complexity index is 502. The number of anilines is 1. The summed E-state index contributed by atoms with van der Waals surface area (Å²) in [6.07, 6.45) is 0.681. The van der Waals surface area contributed by atoms with E-state index in [2.05, 4.69) is 10.6 Å². The van der Waals surface area contributed by atoms with E-state index in [0.29, 0.717) is 0 Å². The molecule has 1 aromatic carbocycles. The van der Waals surface area contributed by atoms with Gasteiger partial charge in [-0.2, -0.15) is 0 Å². The number of benzene rings is 1. The van der Waals surface area contributed by atoms with Gasteiger partial charge in [0.25, 0.3) is 0 Å². The fourth-order valence-corrected chi connectivity index (χ4v) is 1.99. The van der Waals surface area contributed by atoms with E-state index < -0.39 is 0 Å². The highest BCUT2D eigenvalue weighted by atomic mass is 16.2. The lowest BCUT2D eigenvalue weighted by atomic mass is 10.1. The molecule has 0 aliphatic carbocycles. The van der Waals surface area contributed by atoms with Gasteiger partial charge in [0, 0.05) is 11.2 Å². The molecule has 0 atom stereocenters. The van der Waals surface area contributed by atoms with Gasteiger partial charge in [-0.15, -0.1) is 0 Å². The minimum absolute atomic E-state index is 0.158. The molecule has 0 bridgehead atoms. The molecule has 0 heterocycles. The van der Waals surface area contributed by atoms with E-state index in [4.69, 9.17) is 0 Å². The van der Waals surface area contributed by atoms with Gasteiger partial charge >= 0.3 is 0 Å². The van der Waals surface area contributed by atoms with Gasteiger partial charge in [-0.25, -0.2) is 0 Å². The molecule has 0 spiro atoms. The Morgan fingerprint density at radius 2 is 1.80 bits per heavy atom. The van der Waals surface area contributed by atoms with Crippen molar-refractivity contribution in [3.05, 3.63) is 29.3 Å². The highest BCUT2D eigenvalue weighted by molar-refractivity contribution is 6.04. The van der Waals surface area contributed by atoms with Crippen molar-refractivity contribution in [2.24, 2.45) is 0 Å². The van der Waals surface area contributed by atoms with E-state index in [0.717, 1.165) is 23.2 Å². The van der Waals surface area contributed by atoms with Crippen molar-refractivity contribution < 1.29 is 9.59 Å². The van der Waals surface area contributed by atoms with Crippen LogP contribution in [0, 0.1) is 6.92 Å². The van der Waals surface area contributed by atoms with E-state index in [1.165, 1.54) is 0 Å². The van der Waals surface area contributed by atoms with Gasteiger partial charge in [0.15, 0.2) is 0 Å². The maximum Gasteiger partial charge on any atom is 0.233 e. The second-order valence-electron chi connectivity index (χ2n) is 5.99. The van der Waals surface area contributed by atoms with Crippen molar-refractivity contribution in [3.63, 3.8) is 0 Å². The fraction of sp³-hybridized carbons (Fsp3) is 0.500. The van der Waals surface area contributed by atoms with Gasteiger partial charge < -0.3 is 10.6 Å². The molecule has 0 saturated carbocycles. The average molecular weight is 276 g/mol. The van der Waals surface area contributed by atoms with Crippen LogP contribution < -0.4 is 10.6 Å². The van der Waals surface area contributed by atoms with Crippen LogP contribution in [0.1, 0.15) is 45.2 Å². The summed E-state index contributed by atoms with van der Waals surface area (Å²) < 4.78 is 0. The number of rotatable bonds is 4. The Labute approximate surface area is 121 Å². The van der Waals surface area contributed by atoms with Crippen molar-refractivity contribution in [2.45, 2.75) is 53.0 Å². The zero-order valence-corrected chi connectivity index (χ0v) is 13.0. The SMILES string of the molecule is CCc1cccc(C)c1NC(=O)CC(=O)NC(C)(C)C. The summed E-state index contributed by atoms with van der Waals surface area (Å²) in [7, 11) is 0. The molecule has 2 N–H and O–H groups in total. The van der Waals surface area contributed by atoms with Crippen LogP contribution in [0.2, 0.25) is 0 Å². The van der Waals surface area contributed by atoms with Gasteiger partial charge in [-0.05, 0) is 45.2 Å².